The molecule has 0 radical (unpaired) electrons. The summed E-state index contributed by atoms with van der Waals surface area (Å²) in [6.07, 6.45) is 5.66. The quantitative estimate of drug-likeness (QED) is 0.605. The summed E-state index contributed by atoms with van der Waals surface area (Å²) in [7, 11) is 0. The van der Waals surface area contributed by atoms with E-state index in [0.717, 1.165) is 32.7 Å². The number of hydrogen-bond donors (Lipinski definition) is 2. The molecular formula is C14H24N4O. The number of nitrogens with two attached hydrogens (primary N) is 1. The monoisotopic (exact) mass is 264 g/mol. The van der Waals surface area contributed by atoms with Gasteiger partial charge in [0.15, 0.2) is 0 Å². The number of likely N-dealkylation sites (tertiary alicyclic amines) is 1. The molecule has 1 aliphatic heterocycles. The van der Waals surface area contributed by atoms with Crippen molar-refractivity contribution in [1.29, 1.82) is 0 Å². The van der Waals surface area contributed by atoms with Gasteiger partial charge in [-0.15, -0.1) is 0 Å². The predicted octanol–water partition coefficient (Wildman–Crippen LogP) is 1.76. The topological polar surface area (TPSA) is 63.4 Å². The summed E-state index contributed by atoms with van der Waals surface area (Å²) >= 11 is 0. The van der Waals surface area contributed by atoms with Crippen molar-refractivity contribution in [3.05, 3.63) is 23.9 Å². The Morgan fingerprint density at radius 2 is 2.47 bits per heavy atom. The maximum Gasteiger partial charge on any atom is 0.140 e. The number of nitrogens with one attached hydrogen (secondary N) is 1. The lowest BCUT2D eigenvalue weighted by Crippen LogP contribution is -2.39. The number of piperidine rings is 1. The zero-order valence-electron chi connectivity index (χ0n) is 11.6. The van der Waals surface area contributed by atoms with Crippen LogP contribution in [-0.4, -0.2) is 35.7 Å². The second kappa shape index (κ2) is 7.43. The Labute approximate surface area is 115 Å². The van der Waals surface area contributed by atoms with E-state index in [9.17, 15) is 0 Å². The van der Waals surface area contributed by atoms with Crippen LogP contribution < -0.4 is 11.3 Å². The van der Waals surface area contributed by atoms with Crippen LogP contribution in [0.5, 0.6) is 0 Å². The highest BCUT2D eigenvalue weighted by atomic mass is 16.5. The molecule has 2 heterocycles. The first-order valence-corrected chi connectivity index (χ1v) is 7.07. The summed E-state index contributed by atoms with van der Waals surface area (Å²) in [6, 6.07) is 4.04. The van der Waals surface area contributed by atoms with Gasteiger partial charge in [0.05, 0.1) is 6.10 Å². The number of anilines is 1. The molecule has 1 aromatic heterocycles. The number of nitrogen functional groups attached to an aromatic ring is 1. The van der Waals surface area contributed by atoms with Crippen LogP contribution in [0.15, 0.2) is 18.3 Å². The van der Waals surface area contributed by atoms with E-state index in [-0.39, 0.29) is 0 Å². The fourth-order valence-electron chi connectivity index (χ4n) is 2.49. The van der Waals surface area contributed by atoms with Gasteiger partial charge in [-0.2, -0.15) is 0 Å². The summed E-state index contributed by atoms with van der Waals surface area (Å²) in [5.41, 5.74) is 3.82. The van der Waals surface area contributed by atoms with Crippen LogP contribution in [0.3, 0.4) is 0 Å². The molecule has 0 saturated carbocycles. The molecule has 0 aliphatic carbocycles. The number of aromatic nitrogens is 1. The molecule has 1 fully saturated rings. The van der Waals surface area contributed by atoms with Crippen LogP contribution >= 0.6 is 0 Å². The van der Waals surface area contributed by atoms with Crippen molar-refractivity contribution < 1.29 is 4.74 Å². The largest absolute Gasteiger partial charge is 0.377 e. The Bertz CT molecular complexity index is 385. The molecule has 2 rings (SSSR count). The van der Waals surface area contributed by atoms with Gasteiger partial charge < -0.3 is 10.2 Å². The standard InChI is InChI=1S/C14H24N4O/c1-2-8-19-13-4-3-7-18(11-13)10-12-5-6-16-14(9-12)17-15/h5-6,9,13H,2-4,7-8,10-11,15H2,1H3,(H,16,17). The first-order valence-electron chi connectivity index (χ1n) is 7.07. The molecule has 0 aromatic carbocycles. The van der Waals surface area contributed by atoms with E-state index in [0.29, 0.717) is 11.9 Å². The minimum Gasteiger partial charge on any atom is -0.377 e. The average molecular weight is 264 g/mol. The Morgan fingerprint density at radius 1 is 1.58 bits per heavy atom. The highest BCUT2D eigenvalue weighted by Gasteiger charge is 2.20. The van der Waals surface area contributed by atoms with E-state index in [1.807, 2.05) is 12.1 Å². The van der Waals surface area contributed by atoms with Crippen molar-refractivity contribution in [3.63, 3.8) is 0 Å². The molecule has 1 unspecified atom stereocenters. The first kappa shape index (κ1) is 14.2. The minimum atomic E-state index is 0.391. The summed E-state index contributed by atoms with van der Waals surface area (Å²) in [5.74, 6) is 6.10. The molecule has 5 nitrogen and oxygen atoms in total. The van der Waals surface area contributed by atoms with Crippen LogP contribution in [0.2, 0.25) is 0 Å². The molecule has 19 heavy (non-hydrogen) atoms. The Kier molecular flexibility index (Phi) is 5.57. The second-order valence-corrected chi connectivity index (χ2v) is 5.06. The normalized spacial score (nSPS) is 20.4. The highest BCUT2D eigenvalue weighted by Crippen LogP contribution is 2.17. The maximum absolute atomic E-state index is 5.86. The summed E-state index contributed by atoms with van der Waals surface area (Å²) in [5, 5.41) is 0. The van der Waals surface area contributed by atoms with Crippen LogP contribution in [0.4, 0.5) is 5.82 Å². The van der Waals surface area contributed by atoms with Gasteiger partial charge in [-0.05, 0) is 43.5 Å². The zero-order valence-corrected chi connectivity index (χ0v) is 11.6. The Morgan fingerprint density at radius 3 is 3.26 bits per heavy atom. The summed E-state index contributed by atoms with van der Waals surface area (Å²) in [4.78, 5) is 6.57. The SMILES string of the molecule is CCCOC1CCCN(Cc2ccnc(NN)c2)C1. The fraction of sp³-hybridized carbons (Fsp3) is 0.643. The van der Waals surface area contributed by atoms with Crippen LogP contribution in [0, 0.1) is 0 Å². The van der Waals surface area contributed by atoms with Crippen molar-refractivity contribution in [3.8, 4) is 0 Å². The Hall–Kier alpha value is -1.17. The lowest BCUT2D eigenvalue weighted by Gasteiger charge is -2.32. The third kappa shape index (κ3) is 4.45. The molecular weight excluding hydrogens is 240 g/mol. The van der Waals surface area contributed by atoms with Gasteiger partial charge >= 0.3 is 0 Å². The first-order chi connectivity index (χ1) is 9.31. The summed E-state index contributed by atoms with van der Waals surface area (Å²) < 4.78 is 5.86. The third-order valence-electron chi connectivity index (χ3n) is 3.40. The molecule has 1 saturated heterocycles. The number of hydrogen-bond acceptors (Lipinski definition) is 5. The van der Waals surface area contributed by atoms with Gasteiger partial charge in [0, 0.05) is 25.9 Å². The molecule has 0 bridgehead atoms. The lowest BCUT2D eigenvalue weighted by molar-refractivity contribution is -0.00222. The molecule has 3 N–H and O–H groups in total. The smallest absolute Gasteiger partial charge is 0.140 e. The molecule has 5 heteroatoms. The van der Waals surface area contributed by atoms with Crippen molar-refractivity contribution in [1.82, 2.24) is 9.88 Å². The number of pyridine rings is 1. The summed E-state index contributed by atoms with van der Waals surface area (Å²) in [6.45, 7) is 6.12. The van der Waals surface area contributed by atoms with E-state index < -0.39 is 0 Å². The van der Waals surface area contributed by atoms with E-state index in [4.69, 9.17) is 10.6 Å². The molecule has 1 aromatic rings. The van der Waals surface area contributed by atoms with Crippen LogP contribution in [0.25, 0.3) is 0 Å². The number of ether oxygens (including phenoxy) is 1. The van der Waals surface area contributed by atoms with Gasteiger partial charge in [-0.3, -0.25) is 4.90 Å². The van der Waals surface area contributed by atoms with E-state index in [1.165, 1.54) is 18.4 Å². The second-order valence-electron chi connectivity index (χ2n) is 5.06. The number of rotatable bonds is 6. The van der Waals surface area contributed by atoms with Gasteiger partial charge in [0.2, 0.25) is 0 Å². The van der Waals surface area contributed by atoms with Crippen molar-refractivity contribution in [2.75, 3.05) is 25.1 Å². The lowest BCUT2D eigenvalue weighted by atomic mass is 10.1. The van der Waals surface area contributed by atoms with Crippen molar-refractivity contribution >= 4 is 5.82 Å². The minimum absolute atomic E-state index is 0.391. The molecule has 0 spiro atoms. The zero-order chi connectivity index (χ0) is 13.5. The third-order valence-corrected chi connectivity index (χ3v) is 3.40. The molecule has 1 aliphatic rings. The molecule has 0 amide bonds. The van der Waals surface area contributed by atoms with E-state index in [2.05, 4.69) is 22.2 Å². The van der Waals surface area contributed by atoms with Gasteiger partial charge in [-0.1, -0.05) is 6.92 Å². The van der Waals surface area contributed by atoms with Gasteiger partial charge in [-0.25, -0.2) is 10.8 Å². The van der Waals surface area contributed by atoms with Gasteiger partial charge in [0.25, 0.3) is 0 Å². The van der Waals surface area contributed by atoms with Crippen molar-refractivity contribution in [2.45, 2.75) is 38.8 Å². The Balaban J connectivity index is 1.87. The van der Waals surface area contributed by atoms with Crippen LogP contribution in [0.1, 0.15) is 31.7 Å². The molecule has 106 valence electrons. The van der Waals surface area contributed by atoms with Crippen LogP contribution in [-0.2, 0) is 11.3 Å². The molecule has 1 atom stereocenters. The fourth-order valence-corrected chi connectivity index (χ4v) is 2.49. The van der Waals surface area contributed by atoms with E-state index in [1.54, 1.807) is 6.20 Å². The number of nitrogens with zero attached hydrogens (tertiary/aromatic N) is 2. The average Bonchev–Trinajstić information content (AvgIpc) is 2.46. The van der Waals surface area contributed by atoms with E-state index >= 15 is 0 Å². The highest BCUT2D eigenvalue weighted by molar-refractivity contribution is 5.35. The predicted molar refractivity (Wildman–Crippen MR) is 76.6 cm³/mol. The van der Waals surface area contributed by atoms with Gasteiger partial charge in [0.1, 0.15) is 5.82 Å². The maximum atomic E-state index is 5.86. The van der Waals surface area contributed by atoms with Crippen molar-refractivity contribution in [2.24, 2.45) is 5.84 Å². The number of hydrazine groups is 1.